The minimum Gasteiger partial charge on any atom is -0.316 e. The van der Waals surface area contributed by atoms with Crippen molar-refractivity contribution >= 4 is 5.52 Å². The molecule has 1 fully saturated rings. The third-order valence-corrected chi connectivity index (χ3v) is 4.72. The van der Waals surface area contributed by atoms with E-state index in [9.17, 15) is 9.18 Å². The lowest BCUT2D eigenvalue weighted by Gasteiger charge is -2.13. The zero-order chi connectivity index (χ0) is 16.8. The van der Waals surface area contributed by atoms with Crippen LogP contribution in [-0.4, -0.2) is 32.7 Å². The molecule has 3 heterocycles. The van der Waals surface area contributed by atoms with Crippen LogP contribution >= 0.6 is 0 Å². The number of nitrogens with zero attached hydrogens (tertiary/aromatic N) is 3. The number of fused-ring (bicyclic) bond motifs is 1. The van der Waals surface area contributed by atoms with Gasteiger partial charge in [-0.25, -0.2) is 13.9 Å². The summed E-state index contributed by atoms with van der Waals surface area (Å²) in [4.78, 5) is 19.6. The summed E-state index contributed by atoms with van der Waals surface area (Å²) >= 11 is 0. The summed E-state index contributed by atoms with van der Waals surface area (Å²) in [6.07, 6.45) is 1.50. The van der Waals surface area contributed by atoms with E-state index in [4.69, 9.17) is 0 Å². The smallest absolute Gasteiger partial charge is 0.276 e. The second-order valence-electron chi connectivity index (χ2n) is 6.42. The predicted molar refractivity (Wildman–Crippen MR) is 88.5 cm³/mol. The second-order valence-corrected chi connectivity index (χ2v) is 6.42. The zero-order valence-electron chi connectivity index (χ0n) is 13.5. The summed E-state index contributed by atoms with van der Waals surface area (Å²) in [6.45, 7) is 5.64. The molecule has 2 aromatic heterocycles. The van der Waals surface area contributed by atoms with Crippen molar-refractivity contribution in [1.82, 2.24) is 24.9 Å². The molecule has 2 N–H and O–H groups in total. The molecule has 1 aliphatic rings. The standard InChI is InChI=1S/C17H18FN5O/c1-9-5-11(18)3-4-12(9)16-20-8-14-17(24)21-15(22-23(14)16)13-7-19-6-10(13)2/h3-5,8,10,13,19H,6-7H2,1-2H3,(H,21,22,24). The van der Waals surface area contributed by atoms with E-state index in [0.717, 1.165) is 24.2 Å². The van der Waals surface area contributed by atoms with Crippen molar-refractivity contribution in [3.63, 3.8) is 0 Å². The number of nitrogens with one attached hydrogen (secondary N) is 2. The van der Waals surface area contributed by atoms with Crippen molar-refractivity contribution in [2.45, 2.75) is 19.8 Å². The molecule has 4 rings (SSSR count). The van der Waals surface area contributed by atoms with Crippen LogP contribution in [0.2, 0.25) is 0 Å². The quantitative estimate of drug-likeness (QED) is 0.753. The van der Waals surface area contributed by atoms with Crippen LogP contribution in [-0.2, 0) is 0 Å². The molecule has 0 saturated carbocycles. The fraction of sp³-hybridized carbons (Fsp3) is 0.353. The molecule has 1 saturated heterocycles. The van der Waals surface area contributed by atoms with E-state index >= 15 is 0 Å². The molecule has 0 bridgehead atoms. The van der Waals surface area contributed by atoms with Gasteiger partial charge < -0.3 is 10.3 Å². The molecule has 24 heavy (non-hydrogen) atoms. The lowest BCUT2D eigenvalue weighted by Crippen LogP contribution is -2.21. The first kappa shape index (κ1) is 15.0. The number of H-pyrrole nitrogens is 1. The number of halogens is 1. The molecule has 7 heteroatoms. The molecule has 2 atom stereocenters. The maximum Gasteiger partial charge on any atom is 0.276 e. The van der Waals surface area contributed by atoms with Gasteiger partial charge in [0.1, 0.15) is 11.6 Å². The number of aromatic amines is 1. The summed E-state index contributed by atoms with van der Waals surface area (Å²) in [5, 5.41) is 7.95. The number of benzene rings is 1. The Morgan fingerprint density at radius 1 is 1.33 bits per heavy atom. The Bertz CT molecular complexity index is 977. The molecule has 6 nitrogen and oxygen atoms in total. The van der Waals surface area contributed by atoms with Gasteiger partial charge in [0.25, 0.3) is 5.56 Å². The molecule has 124 valence electrons. The topological polar surface area (TPSA) is 75.1 Å². The Balaban J connectivity index is 1.91. The second kappa shape index (κ2) is 5.52. The largest absolute Gasteiger partial charge is 0.316 e. The van der Waals surface area contributed by atoms with Crippen LogP contribution in [0.25, 0.3) is 16.9 Å². The van der Waals surface area contributed by atoms with Crippen molar-refractivity contribution in [2.24, 2.45) is 5.92 Å². The average Bonchev–Trinajstić information content (AvgIpc) is 3.14. The fourth-order valence-corrected chi connectivity index (χ4v) is 3.32. The van der Waals surface area contributed by atoms with Crippen molar-refractivity contribution in [3.8, 4) is 11.4 Å². The van der Waals surface area contributed by atoms with Crippen LogP contribution in [0.3, 0.4) is 0 Å². The first-order valence-corrected chi connectivity index (χ1v) is 8.00. The number of imidazole rings is 1. The molecule has 0 aliphatic carbocycles. The van der Waals surface area contributed by atoms with Gasteiger partial charge in [-0.3, -0.25) is 4.79 Å². The van der Waals surface area contributed by atoms with E-state index in [0.29, 0.717) is 23.1 Å². The van der Waals surface area contributed by atoms with E-state index in [1.165, 1.54) is 18.3 Å². The molecular formula is C17H18FN5O. The van der Waals surface area contributed by atoms with Gasteiger partial charge in [0.15, 0.2) is 11.3 Å². The maximum absolute atomic E-state index is 13.4. The summed E-state index contributed by atoms with van der Waals surface area (Å²) in [5.41, 5.74) is 1.69. The van der Waals surface area contributed by atoms with Crippen LogP contribution in [0.1, 0.15) is 24.2 Å². The third-order valence-electron chi connectivity index (χ3n) is 4.72. The van der Waals surface area contributed by atoms with Crippen LogP contribution in [0.4, 0.5) is 4.39 Å². The number of hydrogen-bond acceptors (Lipinski definition) is 4. The Morgan fingerprint density at radius 2 is 2.17 bits per heavy atom. The monoisotopic (exact) mass is 327 g/mol. The predicted octanol–water partition coefficient (Wildman–Crippen LogP) is 1.86. The number of hydrogen-bond donors (Lipinski definition) is 2. The van der Waals surface area contributed by atoms with Gasteiger partial charge in [0.05, 0.1) is 6.20 Å². The maximum atomic E-state index is 13.4. The van der Waals surface area contributed by atoms with E-state index < -0.39 is 0 Å². The molecule has 1 aromatic carbocycles. The van der Waals surface area contributed by atoms with Crippen LogP contribution in [0.15, 0.2) is 29.2 Å². The number of rotatable bonds is 2. The SMILES string of the molecule is Cc1cc(F)ccc1-c1ncc2c(=O)[nH]c(C3CNCC3C)nn12. The first-order valence-electron chi connectivity index (χ1n) is 8.00. The normalized spacial score (nSPS) is 20.8. The minimum atomic E-state index is -0.297. The molecule has 0 spiro atoms. The Hall–Kier alpha value is -2.54. The van der Waals surface area contributed by atoms with Gasteiger partial charge in [0.2, 0.25) is 0 Å². The summed E-state index contributed by atoms with van der Waals surface area (Å²) in [6, 6.07) is 4.51. The van der Waals surface area contributed by atoms with E-state index in [1.807, 2.05) is 6.92 Å². The molecule has 1 aliphatic heterocycles. The Labute approximate surface area is 137 Å². The molecule has 3 aromatic rings. The molecule has 0 amide bonds. The Kier molecular flexibility index (Phi) is 3.45. The summed E-state index contributed by atoms with van der Waals surface area (Å²) in [7, 11) is 0. The highest BCUT2D eigenvalue weighted by atomic mass is 19.1. The summed E-state index contributed by atoms with van der Waals surface area (Å²) in [5.74, 6) is 1.46. The number of aromatic nitrogens is 4. The summed E-state index contributed by atoms with van der Waals surface area (Å²) < 4.78 is 14.9. The highest BCUT2D eigenvalue weighted by Gasteiger charge is 2.28. The van der Waals surface area contributed by atoms with Crippen molar-refractivity contribution in [2.75, 3.05) is 13.1 Å². The van der Waals surface area contributed by atoms with E-state index in [-0.39, 0.29) is 17.3 Å². The first-order chi connectivity index (χ1) is 11.5. The molecule has 0 radical (unpaired) electrons. The van der Waals surface area contributed by atoms with Crippen LogP contribution in [0.5, 0.6) is 0 Å². The van der Waals surface area contributed by atoms with Gasteiger partial charge in [-0.1, -0.05) is 6.92 Å². The fourth-order valence-electron chi connectivity index (χ4n) is 3.32. The molecular weight excluding hydrogens is 309 g/mol. The minimum absolute atomic E-state index is 0.159. The third kappa shape index (κ3) is 2.32. The lowest BCUT2D eigenvalue weighted by atomic mass is 9.97. The van der Waals surface area contributed by atoms with Gasteiger partial charge in [-0.2, -0.15) is 5.10 Å². The van der Waals surface area contributed by atoms with Gasteiger partial charge in [0, 0.05) is 18.0 Å². The van der Waals surface area contributed by atoms with Crippen LogP contribution in [0, 0.1) is 18.7 Å². The van der Waals surface area contributed by atoms with Crippen molar-refractivity contribution < 1.29 is 4.39 Å². The number of aryl methyl sites for hydroxylation is 1. The van der Waals surface area contributed by atoms with E-state index in [1.54, 1.807) is 10.6 Å². The highest BCUT2D eigenvalue weighted by molar-refractivity contribution is 5.64. The van der Waals surface area contributed by atoms with Crippen molar-refractivity contribution in [3.05, 3.63) is 52.0 Å². The van der Waals surface area contributed by atoms with Gasteiger partial charge in [-0.05, 0) is 43.1 Å². The van der Waals surface area contributed by atoms with Crippen molar-refractivity contribution in [1.29, 1.82) is 0 Å². The molecule has 2 unspecified atom stereocenters. The van der Waals surface area contributed by atoms with Crippen LogP contribution < -0.4 is 10.9 Å². The Morgan fingerprint density at radius 3 is 2.88 bits per heavy atom. The van der Waals surface area contributed by atoms with E-state index in [2.05, 4.69) is 27.3 Å². The lowest BCUT2D eigenvalue weighted by molar-refractivity contribution is 0.533. The average molecular weight is 327 g/mol. The zero-order valence-corrected chi connectivity index (χ0v) is 13.5. The van der Waals surface area contributed by atoms with Gasteiger partial charge in [-0.15, -0.1) is 0 Å². The van der Waals surface area contributed by atoms with Gasteiger partial charge >= 0.3 is 0 Å². The highest BCUT2D eigenvalue weighted by Crippen LogP contribution is 2.26.